The molecule has 0 aromatic carbocycles. The lowest BCUT2D eigenvalue weighted by atomic mass is 10.2. The third-order valence-electron chi connectivity index (χ3n) is 2.38. The van der Waals surface area contributed by atoms with Crippen molar-refractivity contribution in [3.05, 3.63) is 46.0 Å². The van der Waals surface area contributed by atoms with Crippen LogP contribution in [0.3, 0.4) is 0 Å². The van der Waals surface area contributed by atoms with Crippen LogP contribution in [0.2, 0.25) is 0 Å². The van der Waals surface area contributed by atoms with Crippen molar-refractivity contribution in [1.29, 1.82) is 0 Å². The Morgan fingerprint density at radius 3 is 2.63 bits per heavy atom. The van der Waals surface area contributed by atoms with Crippen LogP contribution < -0.4 is 5.56 Å². The van der Waals surface area contributed by atoms with Gasteiger partial charge in [0, 0.05) is 12.3 Å². The Labute approximate surface area is 104 Å². The van der Waals surface area contributed by atoms with E-state index in [1.807, 2.05) is 0 Å². The summed E-state index contributed by atoms with van der Waals surface area (Å²) in [7, 11) is 1.14. The first-order valence-electron chi connectivity index (χ1n) is 5.02. The summed E-state index contributed by atoms with van der Waals surface area (Å²) in [6.07, 6.45) is -3.56. The number of fused-ring (bicyclic) bond motifs is 1. The fraction of sp³-hybridized carbons (Fsp3) is 0.182. The summed E-state index contributed by atoms with van der Waals surface area (Å²) < 4.78 is 42.9. The molecule has 8 heteroatoms. The van der Waals surface area contributed by atoms with Gasteiger partial charge < -0.3 is 4.74 Å². The molecule has 0 bridgehead atoms. The number of methoxy groups -OCH3 is 1. The number of esters is 1. The molecule has 0 amide bonds. The number of rotatable bonds is 1. The van der Waals surface area contributed by atoms with E-state index in [1.165, 1.54) is 6.07 Å². The van der Waals surface area contributed by atoms with E-state index in [-0.39, 0.29) is 11.2 Å². The maximum atomic E-state index is 12.5. The number of aromatic nitrogens is 2. The molecule has 0 N–H and O–H groups in total. The average Bonchev–Trinajstić information content (AvgIpc) is 2.36. The van der Waals surface area contributed by atoms with Crippen molar-refractivity contribution in [2.75, 3.05) is 7.11 Å². The van der Waals surface area contributed by atoms with Gasteiger partial charge in [-0.25, -0.2) is 9.78 Å². The summed E-state index contributed by atoms with van der Waals surface area (Å²) in [6, 6.07) is 2.71. The second-order valence-corrected chi connectivity index (χ2v) is 3.61. The number of nitrogens with zero attached hydrogens (tertiary/aromatic N) is 2. The molecule has 0 fully saturated rings. The number of alkyl halides is 3. The van der Waals surface area contributed by atoms with Crippen molar-refractivity contribution in [3.63, 3.8) is 0 Å². The van der Waals surface area contributed by atoms with Crippen molar-refractivity contribution in [3.8, 4) is 0 Å². The van der Waals surface area contributed by atoms with Gasteiger partial charge in [-0.1, -0.05) is 0 Å². The molecule has 0 saturated carbocycles. The normalized spacial score (nSPS) is 11.6. The standard InChI is InChI=1S/C11H7F3N2O3/c1-19-10(18)6-2-3-16-8(4-6)15-7(5-9(16)17)11(12,13)14/h2-5H,1H3. The molecule has 0 saturated heterocycles. The third kappa shape index (κ3) is 2.42. The molecule has 0 aliphatic carbocycles. The van der Waals surface area contributed by atoms with E-state index in [4.69, 9.17) is 0 Å². The lowest BCUT2D eigenvalue weighted by Crippen LogP contribution is -2.20. The predicted octanol–water partition coefficient (Wildman–Crippen LogP) is 1.50. The molecule has 2 rings (SSSR count). The zero-order valence-electron chi connectivity index (χ0n) is 9.56. The molecule has 2 heterocycles. The van der Waals surface area contributed by atoms with Gasteiger partial charge in [-0.05, 0) is 12.1 Å². The smallest absolute Gasteiger partial charge is 0.433 e. The summed E-state index contributed by atoms with van der Waals surface area (Å²) >= 11 is 0. The molecule has 2 aromatic rings. The van der Waals surface area contributed by atoms with E-state index >= 15 is 0 Å². The first kappa shape index (κ1) is 13.1. The zero-order valence-corrected chi connectivity index (χ0v) is 9.56. The van der Waals surface area contributed by atoms with Crippen molar-refractivity contribution in [2.24, 2.45) is 0 Å². The lowest BCUT2D eigenvalue weighted by molar-refractivity contribution is -0.141. The third-order valence-corrected chi connectivity index (χ3v) is 2.38. The van der Waals surface area contributed by atoms with Gasteiger partial charge in [0.25, 0.3) is 5.56 Å². The van der Waals surface area contributed by atoms with Crippen LogP contribution in [0.15, 0.2) is 29.2 Å². The van der Waals surface area contributed by atoms with E-state index in [0.717, 1.165) is 23.8 Å². The van der Waals surface area contributed by atoms with Gasteiger partial charge in [-0.15, -0.1) is 0 Å². The Morgan fingerprint density at radius 2 is 2.05 bits per heavy atom. The number of pyridine rings is 1. The average molecular weight is 272 g/mol. The first-order chi connectivity index (χ1) is 8.82. The van der Waals surface area contributed by atoms with Gasteiger partial charge in [0.2, 0.25) is 0 Å². The van der Waals surface area contributed by atoms with Gasteiger partial charge in [-0.3, -0.25) is 9.20 Å². The molecular formula is C11H7F3N2O3. The number of carbonyl (C=O) groups is 1. The summed E-state index contributed by atoms with van der Waals surface area (Å²) in [5, 5.41) is 0. The number of halogens is 3. The molecule has 0 aliphatic heterocycles. The minimum absolute atomic E-state index is 0.00808. The summed E-state index contributed by atoms with van der Waals surface area (Å²) in [5.74, 6) is -0.728. The molecule has 2 aromatic heterocycles. The SMILES string of the molecule is COC(=O)c1ccn2c(=O)cc(C(F)(F)F)nc2c1. The Hall–Kier alpha value is -2.38. The highest BCUT2D eigenvalue weighted by Gasteiger charge is 2.33. The zero-order chi connectivity index (χ0) is 14.2. The van der Waals surface area contributed by atoms with Crippen LogP contribution in [0.5, 0.6) is 0 Å². The fourth-order valence-corrected chi connectivity index (χ4v) is 1.49. The van der Waals surface area contributed by atoms with Gasteiger partial charge >= 0.3 is 12.1 Å². The second kappa shape index (κ2) is 4.38. The highest BCUT2D eigenvalue weighted by molar-refractivity contribution is 5.90. The van der Waals surface area contributed by atoms with Crippen LogP contribution in [0.1, 0.15) is 16.1 Å². The summed E-state index contributed by atoms with van der Waals surface area (Å²) in [4.78, 5) is 26.1. The van der Waals surface area contributed by atoms with Crippen LogP contribution in [0, 0.1) is 0 Å². The van der Waals surface area contributed by atoms with Crippen LogP contribution >= 0.6 is 0 Å². The molecule has 0 spiro atoms. The van der Waals surface area contributed by atoms with E-state index < -0.39 is 23.4 Å². The largest absolute Gasteiger partial charge is 0.465 e. The molecule has 100 valence electrons. The minimum atomic E-state index is -4.73. The van der Waals surface area contributed by atoms with E-state index in [2.05, 4.69) is 9.72 Å². The molecule has 5 nitrogen and oxygen atoms in total. The highest BCUT2D eigenvalue weighted by Crippen LogP contribution is 2.26. The summed E-state index contributed by atoms with van der Waals surface area (Å²) in [5.41, 5.74) is -2.45. The number of hydrogen-bond acceptors (Lipinski definition) is 4. The van der Waals surface area contributed by atoms with Crippen molar-refractivity contribution in [1.82, 2.24) is 9.38 Å². The highest BCUT2D eigenvalue weighted by atomic mass is 19.4. The maximum Gasteiger partial charge on any atom is 0.433 e. The van der Waals surface area contributed by atoms with Crippen LogP contribution in [0.4, 0.5) is 13.2 Å². The van der Waals surface area contributed by atoms with Crippen LogP contribution in [-0.2, 0) is 10.9 Å². The van der Waals surface area contributed by atoms with Gasteiger partial charge in [-0.2, -0.15) is 13.2 Å². The first-order valence-corrected chi connectivity index (χ1v) is 5.02. The number of ether oxygens (including phenoxy) is 1. The van der Waals surface area contributed by atoms with Crippen molar-refractivity contribution in [2.45, 2.75) is 6.18 Å². The van der Waals surface area contributed by atoms with E-state index in [9.17, 15) is 22.8 Å². The van der Waals surface area contributed by atoms with Crippen molar-refractivity contribution < 1.29 is 22.7 Å². The molecule has 0 atom stereocenters. The Bertz CT molecular complexity index is 706. The van der Waals surface area contributed by atoms with Crippen LogP contribution in [-0.4, -0.2) is 22.5 Å². The van der Waals surface area contributed by atoms with E-state index in [1.54, 1.807) is 0 Å². The fourth-order valence-electron chi connectivity index (χ4n) is 1.49. The van der Waals surface area contributed by atoms with Crippen molar-refractivity contribution >= 4 is 11.6 Å². The van der Waals surface area contributed by atoms with Crippen LogP contribution in [0.25, 0.3) is 5.65 Å². The Morgan fingerprint density at radius 1 is 1.37 bits per heavy atom. The molecule has 0 aliphatic rings. The molecule has 0 unspecified atom stereocenters. The minimum Gasteiger partial charge on any atom is -0.465 e. The topological polar surface area (TPSA) is 60.7 Å². The maximum absolute atomic E-state index is 12.5. The Balaban J connectivity index is 2.70. The molecule has 0 radical (unpaired) electrons. The predicted molar refractivity (Wildman–Crippen MR) is 57.8 cm³/mol. The van der Waals surface area contributed by atoms with E-state index in [0.29, 0.717) is 6.07 Å². The number of carbonyl (C=O) groups excluding carboxylic acids is 1. The second-order valence-electron chi connectivity index (χ2n) is 3.61. The quantitative estimate of drug-likeness (QED) is 0.738. The van der Waals surface area contributed by atoms with Gasteiger partial charge in [0.05, 0.1) is 12.7 Å². The van der Waals surface area contributed by atoms with Gasteiger partial charge in [0.1, 0.15) is 5.65 Å². The molecular weight excluding hydrogens is 265 g/mol. The summed E-state index contributed by atoms with van der Waals surface area (Å²) in [6.45, 7) is 0. The number of hydrogen-bond donors (Lipinski definition) is 0. The monoisotopic (exact) mass is 272 g/mol. The lowest BCUT2D eigenvalue weighted by Gasteiger charge is -2.07. The molecule has 19 heavy (non-hydrogen) atoms. The Kier molecular flexibility index (Phi) is 3.01. The van der Waals surface area contributed by atoms with Gasteiger partial charge in [0.15, 0.2) is 5.69 Å².